The maximum atomic E-state index is 12.7. The van der Waals surface area contributed by atoms with Crippen molar-refractivity contribution in [2.75, 3.05) is 30.8 Å². The fraction of sp³-hybridized carbons (Fsp3) is 0.353. The smallest absolute Gasteiger partial charge is 0.422 e. The Bertz CT molecular complexity index is 1000. The van der Waals surface area contributed by atoms with E-state index in [0.29, 0.717) is 31.0 Å². The van der Waals surface area contributed by atoms with Crippen LogP contribution < -0.4 is 20.7 Å². The first-order valence-electron chi connectivity index (χ1n) is 8.66. The highest BCUT2D eigenvalue weighted by molar-refractivity contribution is 5.88. The number of nitrogens with zero attached hydrogens (tertiary/aromatic N) is 3. The zero-order valence-corrected chi connectivity index (χ0v) is 14.9. The Morgan fingerprint density at radius 1 is 1.25 bits per heavy atom. The number of aromatic nitrogens is 4. The van der Waals surface area contributed by atoms with Gasteiger partial charge in [0.2, 0.25) is 11.8 Å². The molecule has 0 atom stereocenters. The zero-order chi connectivity index (χ0) is 19.7. The molecule has 0 aliphatic carbocycles. The van der Waals surface area contributed by atoms with Gasteiger partial charge in [0.1, 0.15) is 17.2 Å². The molecule has 4 N–H and O–H groups in total. The Morgan fingerprint density at radius 2 is 2.11 bits per heavy atom. The third-order valence-electron chi connectivity index (χ3n) is 4.28. The Kier molecular flexibility index (Phi) is 4.67. The van der Waals surface area contributed by atoms with Crippen LogP contribution in [0.5, 0.6) is 5.88 Å². The van der Waals surface area contributed by atoms with Crippen LogP contribution in [0.1, 0.15) is 11.3 Å². The lowest BCUT2D eigenvalue weighted by Gasteiger charge is -2.20. The third kappa shape index (κ3) is 3.79. The molecule has 1 aliphatic heterocycles. The van der Waals surface area contributed by atoms with Gasteiger partial charge in [0.15, 0.2) is 6.61 Å². The number of nitrogens with one attached hydrogen (secondary N) is 4. The molecule has 4 rings (SSSR count). The molecule has 3 aromatic rings. The first-order chi connectivity index (χ1) is 13.4. The van der Waals surface area contributed by atoms with Gasteiger partial charge in [0.25, 0.3) is 0 Å². The molecule has 0 bridgehead atoms. The van der Waals surface area contributed by atoms with Gasteiger partial charge in [-0.15, -0.1) is 0 Å². The molecule has 0 saturated heterocycles. The number of halogens is 3. The van der Waals surface area contributed by atoms with Gasteiger partial charge in [-0.2, -0.15) is 23.1 Å². The van der Waals surface area contributed by atoms with Crippen molar-refractivity contribution in [3.63, 3.8) is 0 Å². The predicted octanol–water partition coefficient (Wildman–Crippen LogP) is 2.73. The summed E-state index contributed by atoms with van der Waals surface area (Å²) in [5.74, 6) is 0.667. The van der Waals surface area contributed by atoms with Crippen molar-refractivity contribution >= 4 is 28.5 Å². The van der Waals surface area contributed by atoms with E-state index in [1.165, 1.54) is 0 Å². The van der Waals surface area contributed by atoms with Gasteiger partial charge in [-0.1, -0.05) is 0 Å². The molecule has 148 valence electrons. The fourth-order valence-electron chi connectivity index (χ4n) is 3.03. The first kappa shape index (κ1) is 18.3. The number of anilines is 3. The topological polar surface area (TPSA) is 99.8 Å². The number of rotatable bonds is 5. The number of aromatic amines is 1. The number of hydrogen-bond acceptors (Lipinski definition) is 7. The summed E-state index contributed by atoms with van der Waals surface area (Å²) in [7, 11) is 1.72. The van der Waals surface area contributed by atoms with Crippen molar-refractivity contribution in [3.05, 3.63) is 29.6 Å². The van der Waals surface area contributed by atoms with Crippen LogP contribution >= 0.6 is 0 Å². The van der Waals surface area contributed by atoms with E-state index in [9.17, 15) is 13.2 Å². The molecule has 0 fully saturated rings. The van der Waals surface area contributed by atoms with E-state index >= 15 is 0 Å². The summed E-state index contributed by atoms with van der Waals surface area (Å²) in [5, 5.41) is 9.94. The molecule has 3 aromatic heterocycles. The molecule has 0 aromatic carbocycles. The van der Waals surface area contributed by atoms with Gasteiger partial charge in [-0.3, -0.25) is 0 Å². The van der Waals surface area contributed by atoms with Gasteiger partial charge in [0.05, 0.1) is 11.1 Å². The van der Waals surface area contributed by atoms with Crippen LogP contribution in [0.4, 0.5) is 30.6 Å². The second-order valence-corrected chi connectivity index (χ2v) is 6.29. The SMILES string of the molecule is CNc1nc(Nc2cc3c(nc2OCC(F)(F)F)CCNC3)nc2[nH]ccc12. The summed E-state index contributed by atoms with van der Waals surface area (Å²) in [6.07, 6.45) is -2.11. The van der Waals surface area contributed by atoms with E-state index in [2.05, 4.69) is 35.9 Å². The highest BCUT2D eigenvalue weighted by atomic mass is 19.4. The molecule has 4 heterocycles. The van der Waals surface area contributed by atoms with Crippen molar-refractivity contribution in [1.29, 1.82) is 0 Å². The summed E-state index contributed by atoms with van der Waals surface area (Å²) in [5.41, 5.74) is 2.48. The van der Waals surface area contributed by atoms with E-state index in [-0.39, 0.29) is 17.5 Å². The number of H-pyrrole nitrogens is 1. The molecular weight excluding hydrogens is 375 g/mol. The number of ether oxygens (including phenoxy) is 1. The monoisotopic (exact) mass is 393 g/mol. The molecule has 0 unspecified atom stereocenters. The third-order valence-corrected chi connectivity index (χ3v) is 4.28. The van der Waals surface area contributed by atoms with Crippen molar-refractivity contribution in [1.82, 2.24) is 25.3 Å². The lowest BCUT2D eigenvalue weighted by molar-refractivity contribution is -0.154. The second kappa shape index (κ2) is 7.15. The molecule has 28 heavy (non-hydrogen) atoms. The number of hydrogen-bond donors (Lipinski definition) is 4. The Balaban J connectivity index is 1.71. The minimum Gasteiger partial charge on any atom is -0.467 e. The Morgan fingerprint density at radius 3 is 2.89 bits per heavy atom. The molecule has 0 saturated carbocycles. The van der Waals surface area contributed by atoms with Gasteiger partial charge in [0, 0.05) is 32.8 Å². The van der Waals surface area contributed by atoms with Crippen molar-refractivity contribution in [2.24, 2.45) is 0 Å². The number of alkyl halides is 3. The summed E-state index contributed by atoms with van der Waals surface area (Å²) < 4.78 is 42.9. The van der Waals surface area contributed by atoms with Crippen LogP contribution in [-0.2, 0) is 13.0 Å². The summed E-state index contributed by atoms with van der Waals surface area (Å²) in [6, 6.07) is 3.55. The average molecular weight is 393 g/mol. The van der Waals surface area contributed by atoms with Crippen molar-refractivity contribution in [3.8, 4) is 5.88 Å². The Labute approximate surface area is 157 Å². The molecule has 8 nitrogen and oxygen atoms in total. The van der Waals surface area contributed by atoms with Crippen LogP contribution in [0.25, 0.3) is 11.0 Å². The van der Waals surface area contributed by atoms with Crippen LogP contribution in [0, 0.1) is 0 Å². The van der Waals surface area contributed by atoms with E-state index in [0.717, 1.165) is 16.6 Å². The van der Waals surface area contributed by atoms with E-state index in [1.54, 1.807) is 19.3 Å². The van der Waals surface area contributed by atoms with Crippen LogP contribution in [0.15, 0.2) is 18.3 Å². The fourth-order valence-corrected chi connectivity index (χ4v) is 3.03. The van der Waals surface area contributed by atoms with Gasteiger partial charge in [-0.05, 0) is 17.7 Å². The average Bonchev–Trinajstić information content (AvgIpc) is 3.13. The second-order valence-electron chi connectivity index (χ2n) is 6.29. The quantitative estimate of drug-likeness (QED) is 0.529. The number of fused-ring (bicyclic) bond motifs is 2. The highest BCUT2D eigenvalue weighted by Crippen LogP contribution is 2.31. The van der Waals surface area contributed by atoms with Crippen LogP contribution in [-0.4, -0.2) is 46.3 Å². The van der Waals surface area contributed by atoms with E-state index < -0.39 is 12.8 Å². The highest BCUT2D eigenvalue weighted by Gasteiger charge is 2.30. The molecule has 11 heteroatoms. The van der Waals surface area contributed by atoms with Crippen LogP contribution in [0.2, 0.25) is 0 Å². The molecule has 1 aliphatic rings. The normalized spacial score (nSPS) is 14.0. The van der Waals surface area contributed by atoms with Gasteiger partial charge < -0.3 is 25.7 Å². The molecular formula is C17H18F3N7O. The minimum atomic E-state index is -4.46. The van der Waals surface area contributed by atoms with Gasteiger partial charge in [-0.25, -0.2) is 4.98 Å². The first-order valence-corrected chi connectivity index (χ1v) is 8.66. The van der Waals surface area contributed by atoms with Crippen molar-refractivity contribution < 1.29 is 17.9 Å². The summed E-state index contributed by atoms with van der Waals surface area (Å²) in [4.78, 5) is 16.0. The molecule has 0 spiro atoms. The molecule has 0 radical (unpaired) electrons. The maximum absolute atomic E-state index is 12.7. The Hall–Kier alpha value is -3.08. The lowest BCUT2D eigenvalue weighted by atomic mass is 10.1. The standard InChI is InChI=1S/C17H18F3N7O/c1-21-13-10-2-5-23-14(10)27-16(26-13)25-12-6-9-7-22-4-3-11(9)24-15(12)28-8-17(18,19)20/h2,5-6,22H,3-4,7-8H2,1H3,(H3,21,23,25,26,27). The predicted molar refractivity (Wildman–Crippen MR) is 97.9 cm³/mol. The van der Waals surface area contributed by atoms with Crippen LogP contribution in [0.3, 0.4) is 0 Å². The lowest BCUT2D eigenvalue weighted by Crippen LogP contribution is -2.26. The zero-order valence-electron chi connectivity index (χ0n) is 14.9. The van der Waals surface area contributed by atoms with E-state index in [1.807, 2.05) is 6.07 Å². The van der Waals surface area contributed by atoms with E-state index in [4.69, 9.17) is 4.74 Å². The molecule has 0 amide bonds. The minimum absolute atomic E-state index is 0.126. The van der Waals surface area contributed by atoms with Gasteiger partial charge >= 0.3 is 6.18 Å². The summed E-state index contributed by atoms with van der Waals surface area (Å²) >= 11 is 0. The summed E-state index contributed by atoms with van der Waals surface area (Å²) in [6.45, 7) is -0.136. The largest absolute Gasteiger partial charge is 0.467 e. The number of pyridine rings is 1. The maximum Gasteiger partial charge on any atom is 0.422 e. The van der Waals surface area contributed by atoms with Crippen molar-refractivity contribution in [2.45, 2.75) is 19.1 Å².